The molecule has 0 aliphatic carbocycles. The second-order valence-corrected chi connectivity index (χ2v) is 4.58. The maximum atomic E-state index is 13.0. The first-order valence-corrected chi connectivity index (χ1v) is 6.44. The van der Waals surface area contributed by atoms with Crippen molar-refractivity contribution in [2.24, 2.45) is 5.92 Å². The maximum absolute atomic E-state index is 13.0. The molecule has 22 heavy (non-hydrogen) atoms. The van der Waals surface area contributed by atoms with Crippen LogP contribution in [0.15, 0.2) is 54.7 Å². The van der Waals surface area contributed by atoms with E-state index in [-0.39, 0.29) is 11.6 Å². The summed E-state index contributed by atoms with van der Waals surface area (Å²) in [6, 6.07) is 12.0. The number of para-hydroxylation sites is 1. The van der Waals surface area contributed by atoms with Gasteiger partial charge in [0.25, 0.3) is 0 Å². The third-order valence-electron chi connectivity index (χ3n) is 2.93. The molecule has 0 aliphatic heterocycles. The van der Waals surface area contributed by atoms with Gasteiger partial charge in [0.15, 0.2) is 5.92 Å². The minimum Gasteiger partial charge on any atom is -0.430 e. The van der Waals surface area contributed by atoms with Crippen molar-refractivity contribution < 1.29 is 27.8 Å². The van der Waals surface area contributed by atoms with Gasteiger partial charge in [0.2, 0.25) is 5.88 Å². The van der Waals surface area contributed by atoms with Crippen LogP contribution in [0.2, 0.25) is 0 Å². The first kappa shape index (κ1) is 16.1. The number of hydrogen-bond acceptors (Lipinski definition) is 4. The van der Waals surface area contributed by atoms with E-state index in [2.05, 4.69) is 4.98 Å². The highest BCUT2D eigenvalue weighted by Gasteiger charge is 2.55. The normalized spacial score (nSPS) is 15.7. The summed E-state index contributed by atoms with van der Waals surface area (Å²) in [4.78, 5) is 3.74. The third-order valence-corrected chi connectivity index (χ3v) is 2.93. The summed E-state index contributed by atoms with van der Waals surface area (Å²) in [5, 5.41) is 10.3. The number of nitrogens with zero attached hydrogens (tertiary/aromatic N) is 1. The van der Waals surface area contributed by atoms with E-state index >= 15 is 0 Å². The SMILES string of the molecule is CC(C(F)(F)F)C(O)(Oc1ccccc1)Oc1ccccn1. The second-order valence-electron chi connectivity index (χ2n) is 4.58. The standard InChI is InChI=1S/C15H14F3NO3/c1-11(14(16,17)18)15(20,21-12-7-3-2-4-8-12)22-13-9-5-6-10-19-13/h2-11,20H,1H3. The molecular weight excluding hydrogens is 299 g/mol. The molecule has 0 aliphatic rings. The van der Waals surface area contributed by atoms with Gasteiger partial charge in [-0.05, 0) is 25.1 Å². The first-order valence-electron chi connectivity index (χ1n) is 6.44. The summed E-state index contributed by atoms with van der Waals surface area (Å²) in [6.07, 6.45) is -3.39. The molecule has 4 nitrogen and oxygen atoms in total. The lowest BCUT2D eigenvalue weighted by molar-refractivity contribution is -0.356. The van der Waals surface area contributed by atoms with E-state index in [4.69, 9.17) is 9.47 Å². The Morgan fingerprint density at radius 2 is 1.64 bits per heavy atom. The molecule has 1 heterocycles. The Morgan fingerprint density at radius 1 is 1.00 bits per heavy atom. The van der Waals surface area contributed by atoms with Crippen LogP contribution in [0.5, 0.6) is 11.6 Å². The predicted molar refractivity (Wildman–Crippen MR) is 72.1 cm³/mol. The number of halogens is 3. The fourth-order valence-electron chi connectivity index (χ4n) is 1.62. The quantitative estimate of drug-likeness (QED) is 0.860. The zero-order valence-electron chi connectivity index (χ0n) is 11.6. The number of pyridine rings is 1. The molecule has 1 aromatic carbocycles. The van der Waals surface area contributed by atoms with Gasteiger partial charge in [-0.15, -0.1) is 0 Å². The molecule has 0 saturated carbocycles. The molecule has 1 aromatic heterocycles. The van der Waals surface area contributed by atoms with Gasteiger partial charge in [-0.3, -0.25) is 0 Å². The summed E-state index contributed by atoms with van der Waals surface area (Å²) in [7, 11) is 0. The van der Waals surface area contributed by atoms with Crippen LogP contribution in [0, 0.1) is 5.92 Å². The van der Waals surface area contributed by atoms with Crippen molar-refractivity contribution in [1.29, 1.82) is 0 Å². The van der Waals surface area contributed by atoms with Gasteiger partial charge in [0.1, 0.15) is 5.75 Å². The molecule has 0 fully saturated rings. The lowest BCUT2D eigenvalue weighted by Crippen LogP contribution is -2.53. The molecule has 0 bridgehead atoms. The second kappa shape index (κ2) is 6.23. The van der Waals surface area contributed by atoms with Gasteiger partial charge >= 0.3 is 12.1 Å². The molecule has 2 aromatic rings. The monoisotopic (exact) mass is 313 g/mol. The number of rotatable bonds is 5. The highest BCUT2D eigenvalue weighted by molar-refractivity contribution is 5.22. The van der Waals surface area contributed by atoms with Gasteiger partial charge in [-0.25, -0.2) is 4.98 Å². The van der Waals surface area contributed by atoms with Crippen LogP contribution in [-0.4, -0.2) is 22.2 Å². The Kier molecular flexibility index (Phi) is 4.56. The topological polar surface area (TPSA) is 51.6 Å². The zero-order chi connectivity index (χ0) is 16.2. The van der Waals surface area contributed by atoms with Gasteiger partial charge < -0.3 is 14.6 Å². The van der Waals surface area contributed by atoms with Crippen LogP contribution in [0.3, 0.4) is 0 Å². The number of aromatic nitrogens is 1. The van der Waals surface area contributed by atoms with E-state index in [1.807, 2.05) is 0 Å². The summed E-state index contributed by atoms with van der Waals surface area (Å²) in [6.45, 7) is 0.770. The average Bonchev–Trinajstić information content (AvgIpc) is 2.47. The number of aliphatic hydroxyl groups is 1. The molecule has 2 unspecified atom stereocenters. The molecule has 2 atom stereocenters. The van der Waals surface area contributed by atoms with Crippen molar-refractivity contribution in [3.63, 3.8) is 0 Å². The van der Waals surface area contributed by atoms with Crippen molar-refractivity contribution in [3.8, 4) is 11.6 Å². The minimum absolute atomic E-state index is 0.0389. The summed E-state index contributed by atoms with van der Waals surface area (Å²) in [5.41, 5.74) is 0. The third kappa shape index (κ3) is 3.88. The fourth-order valence-corrected chi connectivity index (χ4v) is 1.62. The predicted octanol–water partition coefficient (Wildman–Crippen LogP) is 3.38. The van der Waals surface area contributed by atoms with Gasteiger partial charge in [0.05, 0.1) is 0 Å². The molecule has 7 heteroatoms. The van der Waals surface area contributed by atoms with E-state index < -0.39 is 18.1 Å². The molecular formula is C15H14F3NO3. The Hall–Kier alpha value is -2.28. The molecule has 0 radical (unpaired) electrons. The van der Waals surface area contributed by atoms with Crippen molar-refractivity contribution in [1.82, 2.24) is 4.98 Å². The zero-order valence-corrected chi connectivity index (χ0v) is 11.6. The van der Waals surface area contributed by atoms with Crippen molar-refractivity contribution in [3.05, 3.63) is 54.7 Å². The van der Waals surface area contributed by atoms with Crippen LogP contribution >= 0.6 is 0 Å². The lowest BCUT2D eigenvalue weighted by Gasteiger charge is -2.34. The van der Waals surface area contributed by atoms with E-state index in [9.17, 15) is 18.3 Å². The van der Waals surface area contributed by atoms with E-state index in [1.54, 1.807) is 24.3 Å². The number of ether oxygens (including phenoxy) is 2. The summed E-state index contributed by atoms with van der Waals surface area (Å²) >= 11 is 0. The van der Waals surface area contributed by atoms with Crippen molar-refractivity contribution in [2.75, 3.05) is 0 Å². The van der Waals surface area contributed by atoms with Crippen LogP contribution in [0.25, 0.3) is 0 Å². The van der Waals surface area contributed by atoms with Crippen LogP contribution in [-0.2, 0) is 0 Å². The molecule has 2 rings (SSSR count). The summed E-state index contributed by atoms with van der Waals surface area (Å²) in [5.74, 6) is -5.38. The Balaban J connectivity index is 2.31. The van der Waals surface area contributed by atoms with Gasteiger partial charge in [-0.2, -0.15) is 13.2 Å². The van der Waals surface area contributed by atoms with E-state index in [1.165, 1.54) is 30.5 Å². The molecule has 118 valence electrons. The highest BCUT2D eigenvalue weighted by Crippen LogP contribution is 2.36. The first-order chi connectivity index (χ1) is 10.3. The maximum Gasteiger partial charge on any atom is 0.401 e. The molecule has 1 N–H and O–H groups in total. The van der Waals surface area contributed by atoms with Crippen molar-refractivity contribution >= 4 is 0 Å². The van der Waals surface area contributed by atoms with Crippen LogP contribution < -0.4 is 9.47 Å². The number of benzene rings is 1. The average molecular weight is 313 g/mol. The van der Waals surface area contributed by atoms with E-state index in [0.29, 0.717) is 0 Å². The van der Waals surface area contributed by atoms with Crippen molar-refractivity contribution in [2.45, 2.75) is 19.1 Å². The number of alkyl halides is 3. The smallest absolute Gasteiger partial charge is 0.401 e. The van der Waals surface area contributed by atoms with Gasteiger partial charge in [-0.1, -0.05) is 24.3 Å². The van der Waals surface area contributed by atoms with Crippen LogP contribution in [0.1, 0.15) is 6.92 Å². The molecule has 0 amide bonds. The minimum atomic E-state index is -4.72. The highest BCUT2D eigenvalue weighted by atomic mass is 19.4. The Bertz CT molecular complexity index is 548. The van der Waals surface area contributed by atoms with E-state index in [0.717, 1.165) is 6.92 Å². The Morgan fingerprint density at radius 3 is 2.18 bits per heavy atom. The van der Waals surface area contributed by atoms with Crippen LogP contribution in [0.4, 0.5) is 13.2 Å². The van der Waals surface area contributed by atoms with Gasteiger partial charge in [0, 0.05) is 12.3 Å². The lowest BCUT2D eigenvalue weighted by atomic mass is 10.1. The number of hydrogen-bond donors (Lipinski definition) is 1. The largest absolute Gasteiger partial charge is 0.430 e. The summed E-state index contributed by atoms with van der Waals surface area (Å²) < 4.78 is 49.1. The molecule has 0 saturated heterocycles. The molecule has 0 spiro atoms. The Labute approximate surface area is 125 Å². The fraction of sp³-hybridized carbons (Fsp3) is 0.267.